The molecule has 0 saturated carbocycles. The molecule has 1 atom stereocenters. The average Bonchev–Trinajstić information content (AvgIpc) is 2.79. The Kier molecular flexibility index (Phi) is 9.70. The van der Waals surface area contributed by atoms with Crippen molar-refractivity contribution in [3.8, 4) is 0 Å². The topological polar surface area (TPSA) is 30.9 Å². The summed E-state index contributed by atoms with van der Waals surface area (Å²) < 4.78 is 15.8. The van der Waals surface area contributed by atoms with Crippen LogP contribution in [-0.4, -0.2) is 54.4 Å². The molecule has 32 heavy (non-hydrogen) atoms. The summed E-state index contributed by atoms with van der Waals surface area (Å²) in [6, 6.07) is -0.220. The van der Waals surface area contributed by atoms with Crippen LogP contribution in [0, 0.1) is 5.92 Å². The third-order valence-corrected chi connectivity index (χ3v) is 6.30. The van der Waals surface area contributed by atoms with Crippen molar-refractivity contribution in [1.82, 2.24) is 15.1 Å². The molecular weight excluding hydrogens is 399 g/mol. The summed E-state index contributed by atoms with van der Waals surface area (Å²) in [5, 5.41) is 3.39. The van der Waals surface area contributed by atoms with Crippen LogP contribution in [0.25, 0.3) is 0 Å². The van der Waals surface area contributed by atoms with Gasteiger partial charge in [-0.15, -0.1) is 0 Å². The second-order valence-electron chi connectivity index (χ2n) is 9.19. The van der Waals surface area contributed by atoms with Crippen molar-refractivity contribution in [1.29, 1.82) is 0 Å². The molecule has 5 heteroatoms. The zero-order valence-electron chi connectivity index (χ0n) is 20.4. The van der Waals surface area contributed by atoms with Gasteiger partial charge in [0, 0.05) is 38.6 Å². The Morgan fingerprint density at radius 2 is 2.03 bits per heavy atom. The Balaban J connectivity index is 1.97. The summed E-state index contributed by atoms with van der Waals surface area (Å²) >= 11 is 0. The lowest BCUT2D eigenvalue weighted by atomic mass is 9.84. The highest BCUT2D eigenvalue weighted by molar-refractivity contribution is 5.81. The van der Waals surface area contributed by atoms with Crippen LogP contribution in [-0.2, 0) is 0 Å². The molecule has 176 valence electrons. The van der Waals surface area contributed by atoms with Crippen molar-refractivity contribution < 1.29 is 4.39 Å². The first-order valence-electron chi connectivity index (χ1n) is 11.7. The summed E-state index contributed by atoms with van der Waals surface area (Å²) in [6.45, 7) is 20.9. The number of nitrogens with zero attached hydrogens (tertiary/aromatic N) is 3. The first kappa shape index (κ1) is 25.9. The van der Waals surface area contributed by atoms with E-state index in [2.05, 4.69) is 48.8 Å². The van der Waals surface area contributed by atoms with Gasteiger partial charge < -0.3 is 15.1 Å². The number of hydrogen-bond acceptors (Lipinski definition) is 4. The number of allylic oxidation sites excluding steroid dienone is 5. The van der Waals surface area contributed by atoms with Gasteiger partial charge in [0.25, 0.3) is 0 Å². The summed E-state index contributed by atoms with van der Waals surface area (Å²) in [5.41, 5.74) is 1.65. The number of piperidine rings is 1. The molecular formula is C27H41FN4. The molecule has 0 aromatic carbocycles. The molecule has 0 bridgehead atoms. The zero-order chi connectivity index (χ0) is 23.7. The lowest BCUT2D eigenvalue weighted by Crippen LogP contribution is -2.53. The van der Waals surface area contributed by atoms with Gasteiger partial charge in [0.2, 0.25) is 0 Å². The molecule has 2 aliphatic rings. The highest BCUT2D eigenvalue weighted by Gasteiger charge is 2.41. The summed E-state index contributed by atoms with van der Waals surface area (Å²) in [7, 11) is 1.90. The third-order valence-electron chi connectivity index (χ3n) is 6.30. The Morgan fingerprint density at radius 3 is 2.53 bits per heavy atom. The van der Waals surface area contributed by atoms with E-state index in [0.29, 0.717) is 18.8 Å². The number of alkyl halides is 1. The van der Waals surface area contributed by atoms with Crippen molar-refractivity contribution >= 4 is 6.21 Å². The van der Waals surface area contributed by atoms with Gasteiger partial charge in [-0.1, -0.05) is 58.7 Å². The second kappa shape index (κ2) is 12.0. The summed E-state index contributed by atoms with van der Waals surface area (Å²) in [5.74, 6) is 1.38. The number of aliphatic imine (C=N–C) groups is 1. The number of hydrogen-bond donors (Lipinski definition) is 1. The molecule has 1 unspecified atom stereocenters. The monoisotopic (exact) mass is 440 g/mol. The molecule has 1 fully saturated rings. The molecule has 0 aliphatic carbocycles. The van der Waals surface area contributed by atoms with Crippen LogP contribution in [0.1, 0.15) is 46.5 Å². The number of likely N-dealkylation sites (tertiary alicyclic amines) is 1. The van der Waals surface area contributed by atoms with Gasteiger partial charge in [0.05, 0.1) is 6.04 Å². The lowest BCUT2D eigenvalue weighted by Gasteiger charge is -2.42. The lowest BCUT2D eigenvalue weighted by molar-refractivity contribution is 0.0226. The fourth-order valence-electron chi connectivity index (χ4n) is 4.22. The van der Waals surface area contributed by atoms with E-state index in [1.807, 2.05) is 43.3 Å². The van der Waals surface area contributed by atoms with Crippen LogP contribution < -0.4 is 5.32 Å². The molecule has 0 radical (unpaired) electrons. The van der Waals surface area contributed by atoms with E-state index in [1.54, 1.807) is 12.3 Å². The van der Waals surface area contributed by atoms with E-state index in [4.69, 9.17) is 0 Å². The van der Waals surface area contributed by atoms with Crippen LogP contribution >= 0.6 is 0 Å². The van der Waals surface area contributed by atoms with Crippen LogP contribution in [0.4, 0.5) is 4.39 Å². The van der Waals surface area contributed by atoms with Crippen LogP contribution in [0.3, 0.4) is 0 Å². The molecule has 1 saturated heterocycles. The largest absolute Gasteiger partial charge is 0.364 e. The SMILES string of the molecule is C=C/C(=C\C=C1\C=NC(NC(CC)C2(F)CCN(CC(C)C)CC2)=CC1)C(=C)N(C)C=C. The molecule has 4 nitrogen and oxygen atoms in total. The number of halogens is 1. The summed E-state index contributed by atoms with van der Waals surface area (Å²) in [4.78, 5) is 8.80. The van der Waals surface area contributed by atoms with Crippen molar-refractivity contribution in [2.24, 2.45) is 10.9 Å². The minimum Gasteiger partial charge on any atom is -0.364 e. The van der Waals surface area contributed by atoms with Gasteiger partial charge in [0.15, 0.2) is 0 Å². The Morgan fingerprint density at radius 1 is 1.34 bits per heavy atom. The molecule has 2 heterocycles. The average molecular weight is 441 g/mol. The number of rotatable bonds is 11. The minimum atomic E-state index is -1.19. The first-order chi connectivity index (χ1) is 15.2. The smallest absolute Gasteiger partial charge is 0.133 e. The zero-order valence-corrected chi connectivity index (χ0v) is 20.4. The van der Waals surface area contributed by atoms with E-state index in [0.717, 1.165) is 55.1 Å². The van der Waals surface area contributed by atoms with Crippen molar-refractivity contribution in [2.75, 3.05) is 26.7 Å². The fourth-order valence-corrected chi connectivity index (χ4v) is 4.22. The molecule has 0 amide bonds. The second-order valence-corrected chi connectivity index (χ2v) is 9.19. The van der Waals surface area contributed by atoms with Crippen molar-refractivity contribution in [3.05, 3.63) is 72.9 Å². The quantitative estimate of drug-likeness (QED) is 0.415. The number of likely N-dealkylation sites (N-methyl/N-ethyl adjacent to an activating group) is 1. The molecule has 0 spiro atoms. The Labute approximate surface area is 194 Å². The minimum absolute atomic E-state index is 0.220. The Hall–Kier alpha value is -2.40. The van der Waals surface area contributed by atoms with Crippen LogP contribution in [0.2, 0.25) is 0 Å². The summed E-state index contributed by atoms with van der Waals surface area (Å²) in [6.07, 6.45) is 14.0. The van der Waals surface area contributed by atoms with Gasteiger partial charge in [-0.2, -0.15) is 0 Å². The standard InChI is InChI=1S/C27H41FN4/c1-8-24(22(6)31(7)10-3)13-11-23-12-14-26(29-19-23)30-25(9-2)27(28)15-17-32(18-16-27)20-21(4)5/h8,10-11,13-14,19,21,25,30H,1,3,6,9,12,15-18,20H2,2,4-5,7H3/b23-11+,24-13+. The maximum Gasteiger partial charge on any atom is 0.133 e. The predicted molar refractivity (Wildman–Crippen MR) is 136 cm³/mol. The normalized spacial score (nSPS) is 21.2. The van der Waals surface area contributed by atoms with Crippen molar-refractivity contribution in [2.45, 2.75) is 58.2 Å². The molecule has 2 aliphatic heterocycles. The maximum absolute atomic E-state index is 15.8. The van der Waals surface area contributed by atoms with E-state index in [-0.39, 0.29) is 6.04 Å². The maximum atomic E-state index is 15.8. The first-order valence-corrected chi connectivity index (χ1v) is 11.7. The van der Waals surface area contributed by atoms with Gasteiger partial charge >= 0.3 is 0 Å². The van der Waals surface area contributed by atoms with E-state index in [1.165, 1.54) is 0 Å². The highest BCUT2D eigenvalue weighted by atomic mass is 19.1. The predicted octanol–water partition coefficient (Wildman–Crippen LogP) is 5.76. The van der Waals surface area contributed by atoms with E-state index >= 15 is 4.39 Å². The Bertz CT molecular complexity index is 794. The van der Waals surface area contributed by atoms with E-state index in [9.17, 15) is 0 Å². The van der Waals surface area contributed by atoms with Gasteiger partial charge in [-0.3, -0.25) is 0 Å². The van der Waals surface area contributed by atoms with Gasteiger partial charge in [-0.25, -0.2) is 9.38 Å². The molecule has 2 rings (SSSR count). The van der Waals surface area contributed by atoms with Gasteiger partial charge in [0.1, 0.15) is 11.5 Å². The van der Waals surface area contributed by atoms with Crippen LogP contribution in [0.15, 0.2) is 77.9 Å². The molecule has 1 N–H and O–H groups in total. The van der Waals surface area contributed by atoms with Crippen molar-refractivity contribution in [3.63, 3.8) is 0 Å². The highest BCUT2D eigenvalue weighted by Crippen LogP contribution is 2.32. The fraction of sp³-hybridized carbons (Fsp3) is 0.519. The van der Waals surface area contributed by atoms with E-state index < -0.39 is 5.67 Å². The third kappa shape index (κ3) is 7.06. The molecule has 0 aromatic heterocycles. The molecule has 0 aromatic rings. The van der Waals surface area contributed by atoms with Gasteiger partial charge in [-0.05, 0) is 55.0 Å². The number of nitrogens with one attached hydrogen (secondary N) is 1. The van der Waals surface area contributed by atoms with Crippen LogP contribution in [0.5, 0.6) is 0 Å².